The van der Waals surface area contributed by atoms with E-state index in [9.17, 15) is 14.0 Å². The Kier molecular flexibility index (Phi) is 7.68. The van der Waals surface area contributed by atoms with Crippen molar-refractivity contribution in [2.45, 2.75) is 27.2 Å². The van der Waals surface area contributed by atoms with E-state index in [4.69, 9.17) is 9.84 Å². The highest BCUT2D eigenvalue weighted by atomic mass is 19.1. The van der Waals surface area contributed by atoms with Gasteiger partial charge in [0.1, 0.15) is 5.82 Å². The molecule has 0 aliphatic heterocycles. The Hall–Kier alpha value is -1.95. The van der Waals surface area contributed by atoms with Gasteiger partial charge in [-0.2, -0.15) is 0 Å². The number of rotatable bonds is 9. The molecule has 1 N–H and O–H groups in total. The molecular formula is C17H24FNO4. The lowest BCUT2D eigenvalue weighted by Crippen LogP contribution is -2.38. The Morgan fingerprint density at radius 1 is 1.39 bits per heavy atom. The number of hydrogen-bond acceptors (Lipinski definition) is 3. The highest BCUT2D eigenvalue weighted by Crippen LogP contribution is 2.15. The number of carbonyl (C=O) groups is 2. The maximum Gasteiger partial charge on any atom is 0.308 e. The number of carbonyl (C=O) groups excluding carboxylic acids is 1. The van der Waals surface area contributed by atoms with Crippen LogP contribution in [0.25, 0.3) is 0 Å². The molecule has 0 heterocycles. The van der Waals surface area contributed by atoms with Crippen LogP contribution in [0.15, 0.2) is 18.2 Å². The number of ether oxygens (including phenoxy) is 1. The number of aryl methyl sites for hydroxylation is 1. The quantitative estimate of drug-likeness (QED) is 0.709. The average molecular weight is 325 g/mol. The first-order valence-corrected chi connectivity index (χ1v) is 7.72. The normalized spacial score (nSPS) is 12.0. The first-order valence-electron chi connectivity index (χ1n) is 7.72. The van der Waals surface area contributed by atoms with Crippen LogP contribution in [0.1, 0.15) is 36.2 Å². The molecule has 1 unspecified atom stereocenters. The van der Waals surface area contributed by atoms with Crippen molar-refractivity contribution in [2.75, 3.05) is 26.3 Å². The van der Waals surface area contributed by atoms with Gasteiger partial charge in [-0.25, -0.2) is 4.39 Å². The van der Waals surface area contributed by atoms with Crippen LogP contribution in [-0.4, -0.2) is 48.2 Å². The van der Waals surface area contributed by atoms with Crippen molar-refractivity contribution in [1.82, 2.24) is 4.90 Å². The zero-order valence-corrected chi connectivity index (χ0v) is 13.8. The third-order valence-electron chi connectivity index (χ3n) is 3.54. The van der Waals surface area contributed by atoms with Crippen LogP contribution in [0, 0.1) is 18.7 Å². The number of carboxylic acid groups (broad SMARTS) is 1. The van der Waals surface area contributed by atoms with Crippen molar-refractivity contribution >= 4 is 11.9 Å². The largest absolute Gasteiger partial charge is 0.481 e. The van der Waals surface area contributed by atoms with Gasteiger partial charge in [-0.1, -0.05) is 6.92 Å². The van der Waals surface area contributed by atoms with E-state index in [0.29, 0.717) is 37.3 Å². The molecule has 0 saturated heterocycles. The maximum atomic E-state index is 13.2. The van der Waals surface area contributed by atoms with E-state index >= 15 is 0 Å². The first-order chi connectivity index (χ1) is 10.9. The number of carboxylic acids is 1. The van der Waals surface area contributed by atoms with Crippen LogP contribution < -0.4 is 0 Å². The maximum absolute atomic E-state index is 13.2. The van der Waals surface area contributed by atoms with E-state index in [-0.39, 0.29) is 12.5 Å². The molecule has 0 radical (unpaired) electrons. The second-order valence-corrected chi connectivity index (χ2v) is 5.50. The number of amides is 1. The Balaban J connectivity index is 2.87. The summed E-state index contributed by atoms with van der Waals surface area (Å²) in [6, 6.07) is 3.97. The van der Waals surface area contributed by atoms with Crippen molar-refractivity contribution in [3.63, 3.8) is 0 Å². The van der Waals surface area contributed by atoms with Crippen molar-refractivity contribution in [3.05, 3.63) is 35.1 Å². The minimum absolute atomic E-state index is 0.108. The van der Waals surface area contributed by atoms with Crippen LogP contribution >= 0.6 is 0 Å². The monoisotopic (exact) mass is 325 g/mol. The van der Waals surface area contributed by atoms with Gasteiger partial charge in [0.25, 0.3) is 5.91 Å². The van der Waals surface area contributed by atoms with Crippen LogP contribution in [0.5, 0.6) is 0 Å². The van der Waals surface area contributed by atoms with Crippen molar-refractivity contribution in [3.8, 4) is 0 Å². The third kappa shape index (κ3) is 5.98. The molecular weight excluding hydrogens is 301 g/mol. The molecule has 1 aromatic carbocycles. The van der Waals surface area contributed by atoms with E-state index in [2.05, 4.69) is 0 Å². The summed E-state index contributed by atoms with van der Waals surface area (Å²) in [5.74, 6) is -2.32. The predicted octanol–water partition coefficient (Wildman–Crippen LogP) is 2.72. The summed E-state index contributed by atoms with van der Waals surface area (Å²) < 4.78 is 18.5. The summed E-state index contributed by atoms with van der Waals surface area (Å²) in [5.41, 5.74) is 0.924. The molecule has 5 nitrogen and oxygen atoms in total. The summed E-state index contributed by atoms with van der Waals surface area (Å²) in [4.78, 5) is 25.2. The molecule has 0 saturated carbocycles. The molecule has 0 aromatic heterocycles. The second-order valence-electron chi connectivity index (χ2n) is 5.50. The number of nitrogens with zero attached hydrogens (tertiary/aromatic N) is 1. The predicted molar refractivity (Wildman–Crippen MR) is 85.0 cm³/mol. The lowest BCUT2D eigenvalue weighted by molar-refractivity contribution is -0.141. The van der Waals surface area contributed by atoms with Gasteiger partial charge in [0, 0.05) is 31.9 Å². The minimum Gasteiger partial charge on any atom is -0.481 e. The van der Waals surface area contributed by atoms with Crippen LogP contribution in [0.3, 0.4) is 0 Å². The highest BCUT2D eigenvalue weighted by molar-refractivity contribution is 5.95. The summed E-state index contributed by atoms with van der Waals surface area (Å²) in [5, 5.41) is 9.07. The van der Waals surface area contributed by atoms with E-state index in [0.717, 1.165) is 0 Å². The number of halogens is 1. The SMILES string of the molecule is CCOCCCN(CC(C)C(=O)O)C(=O)c1ccc(F)cc1C. The summed E-state index contributed by atoms with van der Waals surface area (Å²) >= 11 is 0. The summed E-state index contributed by atoms with van der Waals surface area (Å²) in [6.07, 6.45) is 0.617. The van der Waals surface area contributed by atoms with E-state index in [1.165, 1.54) is 23.1 Å². The molecule has 6 heteroatoms. The summed E-state index contributed by atoms with van der Waals surface area (Å²) in [7, 11) is 0. The van der Waals surface area contributed by atoms with E-state index in [1.807, 2.05) is 6.92 Å². The lowest BCUT2D eigenvalue weighted by atomic mass is 10.1. The smallest absolute Gasteiger partial charge is 0.308 e. The van der Waals surface area contributed by atoms with Crippen molar-refractivity contribution < 1.29 is 23.8 Å². The van der Waals surface area contributed by atoms with Gasteiger partial charge in [0.15, 0.2) is 0 Å². The fourth-order valence-corrected chi connectivity index (χ4v) is 2.22. The molecule has 1 aromatic rings. The Bertz CT molecular complexity index is 547. The topological polar surface area (TPSA) is 66.8 Å². The van der Waals surface area contributed by atoms with Gasteiger partial charge in [0.05, 0.1) is 5.92 Å². The first kappa shape index (κ1) is 19.1. The molecule has 0 aliphatic carbocycles. The minimum atomic E-state index is -0.955. The second kappa shape index (κ2) is 9.25. The zero-order chi connectivity index (χ0) is 17.4. The number of aliphatic carboxylic acids is 1. The van der Waals surface area contributed by atoms with E-state index < -0.39 is 17.7 Å². The molecule has 23 heavy (non-hydrogen) atoms. The van der Waals surface area contributed by atoms with Crippen molar-refractivity contribution in [1.29, 1.82) is 0 Å². The lowest BCUT2D eigenvalue weighted by Gasteiger charge is -2.25. The van der Waals surface area contributed by atoms with Crippen LogP contribution in [-0.2, 0) is 9.53 Å². The molecule has 0 aliphatic rings. The Labute approximate surface area is 136 Å². The van der Waals surface area contributed by atoms with Gasteiger partial charge in [0.2, 0.25) is 0 Å². The standard InChI is InChI=1S/C17H24FNO4/c1-4-23-9-5-8-19(11-13(3)17(21)22)16(20)15-7-6-14(18)10-12(15)2/h6-7,10,13H,4-5,8-9,11H2,1-3H3,(H,21,22). The fraction of sp³-hybridized carbons (Fsp3) is 0.529. The van der Waals surface area contributed by atoms with Gasteiger partial charge in [-0.15, -0.1) is 0 Å². The fourth-order valence-electron chi connectivity index (χ4n) is 2.22. The van der Waals surface area contributed by atoms with Crippen molar-refractivity contribution in [2.24, 2.45) is 5.92 Å². The molecule has 128 valence electrons. The van der Waals surface area contributed by atoms with Crippen LogP contribution in [0.2, 0.25) is 0 Å². The molecule has 1 amide bonds. The third-order valence-corrected chi connectivity index (χ3v) is 3.54. The Morgan fingerprint density at radius 2 is 2.09 bits per heavy atom. The molecule has 1 rings (SSSR count). The van der Waals surface area contributed by atoms with E-state index in [1.54, 1.807) is 13.8 Å². The van der Waals surface area contributed by atoms with Gasteiger partial charge >= 0.3 is 5.97 Å². The van der Waals surface area contributed by atoms with Crippen LogP contribution in [0.4, 0.5) is 4.39 Å². The van der Waals surface area contributed by atoms with Gasteiger partial charge < -0.3 is 14.7 Å². The zero-order valence-electron chi connectivity index (χ0n) is 13.8. The molecule has 0 spiro atoms. The average Bonchev–Trinajstić information content (AvgIpc) is 2.49. The Morgan fingerprint density at radius 3 is 2.65 bits per heavy atom. The molecule has 0 fully saturated rings. The molecule has 0 bridgehead atoms. The number of benzene rings is 1. The summed E-state index contributed by atoms with van der Waals surface area (Å²) in [6.45, 7) is 6.71. The number of hydrogen-bond donors (Lipinski definition) is 1. The van der Waals surface area contributed by atoms with Gasteiger partial charge in [-0.3, -0.25) is 9.59 Å². The molecule has 1 atom stereocenters. The highest BCUT2D eigenvalue weighted by Gasteiger charge is 2.22. The van der Waals surface area contributed by atoms with Gasteiger partial charge in [-0.05, 0) is 44.0 Å².